The van der Waals surface area contributed by atoms with Gasteiger partial charge < -0.3 is 9.13 Å². The minimum Gasteiger partial charge on any atom is -0.349 e. The minimum atomic E-state index is -4.79. The smallest absolute Gasteiger partial charge is 0.349 e. The molecule has 0 saturated heterocycles. The Morgan fingerprint density at radius 3 is 1.47 bits per heavy atom. The number of alkyl halides is 6. The summed E-state index contributed by atoms with van der Waals surface area (Å²) in [7, 11) is -5.73. The molecular formula is C34H26Cl2F6N6O3S2. The molecule has 6 rings (SSSR count). The lowest BCUT2D eigenvalue weighted by molar-refractivity contribution is -0.142. The Balaban J connectivity index is 0.000000204. The Kier molecular flexibility index (Phi) is 11.8. The lowest BCUT2D eigenvalue weighted by atomic mass is 10.2. The van der Waals surface area contributed by atoms with E-state index in [1.165, 1.54) is 6.26 Å². The summed E-state index contributed by atoms with van der Waals surface area (Å²) in [6, 6.07) is 19.2. The fourth-order valence-electron chi connectivity index (χ4n) is 4.71. The maximum Gasteiger partial charge on any atom is 0.433 e. The van der Waals surface area contributed by atoms with Crippen LogP contribution in [0.15, 0.2) is 108 Å². The van der Waals surface area contributed by atoms with Gasteiger partial charge in [0.05, 0.1) is 22.2 Å². The van der Waals surface area contributed by atoms with Crippen molar-refractivity contribution in [3.63, 3.8) is 0 Å². The molecule has 0 aliphatic rings. The summed E-state index contributed by atoms with van der Waals surface area (Å²) in [5, 5.41) is 0.0154. The second-order valence-electron chi connectivity index (χ2n) is 11.5. The molecule has 0 aliphatic carbocycles. The molecule has 53 heavy (non-hydrogen) atoms. The normalized spacial score (nSPS) is 12.6. The molecule has 0 amide bonds. The van der Waals surface area contributed by atoms with Crippen molar-refractivity contribution < 1.29 is 39.0 Å². The highest BCUT2D eigenvalue weighted by Crippen LogP contribution is 2.32. The molecule has 0 bridgehead atoms. The average Bonchev–Trinajstić information content (AvgIpc) is 3.76. The SMILES string of the molecule is CS(=O)(=O)c1nc(-c2ccn(Cc3ccc(Cl)cc3)c2)cc(C(F)(F)F)n1.CS(=O)c1nc(-c2ccn(Cc3ccc(Cl)cc3)c2)cc(C(F)(F)F)n1. The summed E-state index contributed by atoms with van der Waals surface area (Å²) in [6.07, 6.45) is -0.756. The fourth-order valence-corrected chi connectivity index (χ4v) is 5.95. The van der Waals surface area contributed by atoms with Gasteiger partial charge in [-0.3, -0.25) is 4.21 Å². The summed E-state index contributed by atoms with van der Waals surface area (Å²) < 4.78 is 117. The molecule has 278 valence electrons. The van der Waals surface area contributed by atoms with Gasteiger partial charge in [0.25, 0.3) is 0 Å². The number of aromatic nitrogens is 6. The lowest BCUT2D eigenvalue weighted by Crippen LogP contribution is -2.14. The summed E-state index contributed by atoms with van der Waals surface area (Å²) >= 11 is 11.7. The highest BCUT2D eigenvalue weighted by molar-refractivity contribution is 7.90. The molecular weight excluding hydrogens is 789 g/mol. The van der Waals surface area contributed by atoms with Crippen molar-refractivity contribution >= 4 is 43.8 Å². The van der Waals surface area contributed by atoms with Gasteiger partial charge in [0, 0.05) is 71.6 Å². The van der Waals surface area contributed by atoms with E-state index in [1.807, 2.05) is 28.8 Å². The van der Waals surface area contributed by atoms with Gasteiger partial charge in [0.15, 0.2) is 0 Å². The molecule has 0 fully saturated rings. The van der Waals surface area contributed by atoms with Crippen molar-refractivity contribution in [1.29, 1.82) is 0 Å². The average molecular weight is 816 g/mol. The highest BCUT2D eigenvalue weighted by Gasteiger charge is 2.35. The number of hydrogen-bond donors (Lipinski definition) is 0. The van der Waals surface area contributed by atoms with Gasteiger partial charge in [-0.15, -0.1) is 0 Å². The zero-order valence-electron chi connectivity index (χ0n) is 27.4. The van der Waals surface area contributed by atoms with E-state index < -0.39 is 49.5 Å². The van der Waals surface area contributed by atoms with Gasteiger partial charge in [-0.1, -0.05) is 47.5 Å². The number of sulfone groups is 1. The molecule has 1 atom stereocenters. The number of benzene rings is 2. The predicted octanol–water partition coefficient (Wildman–Crippen LogP) is 8.47. The first-order chi connectivity index (χ1) is 24.7. The van der Waals surface area contributed by atoms with Crippen molar-refractivity contribution in [3.8, 4) is 22.5 Å². The Morgan fingerprint density at radius 2 is 1.08 bits per heavy atom. The molecule has 4 aromatic heterocycles. The van der Waals surface area contributed by atoms with Gasteiger partial charge in [-0.2, -0.15) is 26.3 Å². The third-order valence-electron chi connectivity index (χ3n) is 7.23. The van der Waals surface area contributed by atoms with Crippen LogP contribution in [0.3, 0.4) is 0 Å². The molecule has 0 spiro atoms. The molecule has 4 heterocycles. The van der Waals surface area contributed by atoms with Gasteiger partial charge >= 0.3 is 12.4 Å². The van der Waals surface area contributed by atoms with Crippen LogP contribution in [0.1, 0.15) is 22.5 Å². The van der Waals surface area contributed by atoms with Crippen LogP contribution in [0.25, 0.3) is 22.5 Å². The first-order valence-corrected chi connectivity index (χ1v) is 19.2. The number of rotatable bonds is 8. The number of hydrogen-bond acceptors (Lipinski definition) is 7. The second-order valence-corrected chi connectivity index (χ2v) is 15.5. The molecule has 9 nitrogen and oxygen atoms in total. The van der Waals surface area contributed by atoms with Crippen LogP contribution in [0, 0.1) is 0 Å². The van der Waals surface area contributed by atoms with Crippen LogP contribution < -0.4 is 0 Å². The molecule has 0 saturated carbocycles. The van der Waals surface area contributed by atoms with Crippen molar-refractivity contribution in [2.45, 2.75) is 35.8 Å². The standard InChI is InChI=1S/C17H13ClF3N3O2S.C17H13ClF3N3OS/c1-27(25,26)16-22-14(8-15(23-16)17(19,20)21)12-6-7-24(10-12)9-11-2-4-13(18)5-3-11;1-26(25)16-22-14(8-15(23-16)17(19,20)21)12-6-7-24(10-12)9-11-2-4-13(18)5-3-11/h2-8,10H,9H2,1H3;2-8,10H,9H2,1H3. The first-order valence-electron chi connectivity index (χ1n) is 15.0. The van der Waals surface area contributed by atoms with E-state index in [1.54, 1.807) is 65.8 Å². The van der Waals surface area contributed by atoms with Crippen LogP contribution in [-0.4, -0.2) is 54.2 Å². The molecule has 19 heteroatoms. The monoisotopic (exact) mass is 814 g/mol. The maximum absolute atomic E-state index is 13.1. The fraction of sp³-hybridized carbons (Fsp3) is 0.176. The summed E-state index contributed by atoms with van der Waals surface area (Å²) in [5.74, 6) is 0. The van der Waals surface area contributed by atoms with Crippen LogP contribution in [0.2, 0.25) is 10.0 Å². The topological polar surface area (TPSA) is 113 Å². The molecule has 6 aromatic rings. The van der Waals surface area contributed by atoms with Crippen molar-refractivity contribution in [2.75, 3.05) is 12.5 Å². The zero-order chi connectivity index (χ0) is 38.7. The van der Waals surface area contributed by atoms with E-state index in [-0.39, 0.29) is 16.5 Å². The Morgan fingerprint density at radius 1 is 0.660 bits per heavy atom. The van der Waals surface area contributed by atoms with Crippen molar-refractivity contribution in [1.82, 2.24) is 29.1 Å². The minimum absolute atomic E-state index is 0.0763. The van der Waals surface area contributed by atoms with Gasteiger partial charge in [0.1, 0.15) is 11.4 Å². The summed E-state index contributed by atoms with van der Waals surface area (Å²) in [6.45, 7) is 0.994. The first kappa shape index (κ1) is 39.6. The molecule has 0 aliphatic heterocycles. The van der Waals surface area contributed by atoms with Crippen molar-refractivity contribution in [3.05, 3.63) is 130 Å². The van der Waals surface area contributed by atoms with Crippen LogP contribution in [-0.2, 0) is 46.1 Å². The Hall–Kier alpha value is -4.58. The molecule has 1 unspecified atom stereocenters. The van der Waals surface area contributed by atoms with Crippen LogP contribution in [0.4, 0.5) is 26.3 Å². The van der Waals surface area contributed by atoms with Gasteiger partial charge in [-0.25, -0.2) is 28.4 Å². The molecule has 0 N–H and O–H groups in total. The lowest BCUT2D eigenvalue weighted by Gasteiger charge is -2.09. The largest absolute Gasteiger partial charge is 0.433 e. The maximum atomic E-state index is 13.1. The Labute approximate surface area is 311 Å². The predicted molar refractivity (Wildman–Crippen MR) is 187 cm³/mol. The third-order valence-corrected chi connectivity index (χ3v) is 9.28. The number of halogens is 8. The van der Waals surface area contributed by atoms with E-state index in [4.69, 9.17) is 23.2 Å². The molecule has 0 radical (unpaired) electrons. The summed E-state index contributed by atoms with van der Waals surface area (Å²) in [4.78, 5) is 14.3. The van der Waals surface area contributed by atoms with Crippen molar-refractivity contribution in [2.24, 2.45) is 0 Å². The molecule has 2 aromatic carbocycles. The van der Waals surface area contributed by atoms with E-state index in [9.17, 15) is 39.0 Å². The quantitative estimate of drug-likeness (QED) is 0.112. The second kappa shape index (κ2) is 15.8. The third kappa shape index (κ3) is 10.7. The zero-order valence-corrected chi connectivity index (χ0v) is 30.5. The van der Waals surface area contributed by atoms with Gasteiger partial charge in [-0.05, 0) is 59.7 Å². The van der Waals surface area contributed by atoms with Crippen LogP contribution >= 0.6 is 23.2 Å². The van der Waals surface area contributed by atoms with E-state index in [0.29, 0.717) is 34.3 Å². The van der Waals surface area contributed by atoms with Gasteiger partial charge in [0.2, 0.25) is 20.2 Å². The summed E-state index contributed by atoms with van der Waals surface area (Å²) in [5.41, 5.74) is 0.305. The van der Waals surface area contributed by atoms with E-state index in [0.717, 1.165) is 29.5 Å². The number of nitrogens with zero attached hydrogens (tertiary/aromatic N) is 6. The van der Waals surface area contributed by atoms with E-state index in [2.05, 4.69) is 19.9 Å². The Bertz CT molecular complexity index is 2360. The highest BCUT2D eigenvalue weighted by atomic mass is 35.5. The van der Waals surface area contributed by atoms with Crippen LogP contribution in [0.5, 0.6) is 0 Å². The van der Waals surface area contributed by atoms with E-state index >= 15 is 0 Å².